The molecule has 22 heavy (non-hydrogen) atoms. The second kappa shape index (κ2) is 7.38. The number of nitrogens with one attached hydrogen (secondary N) is 1. The Labute approximate surface area is 131 Å². The van der Waals surface area contributed by atoms with Crippen LogP contribution in [0.5, 0.6) is 11.6 Å². The lowest BCUT2D eigenvalue weighted by Crippen LogP contribution is -2.28. The SMILES string of the molecule is CC(C)CS(=O)(=O)NCc1cccc(Oc2ccccn2)c1. The first kappa shape index (κ1) is 16.5. The minimum atomic E-state index is -3.25. The lowest BCUT2D eigenvalue weighted by molar-refractivity contribution is 0.462. The first-order valence-electron chi connectivity index (χ1n) is 7.10. The Bertz CT molecular complexity index is 700. The molecule has 0 saturated heterocycles. The molecule has 0 fully saturated rings. The summed E-state index contributed by atoms with van der Waals surface area (Å²) >= 11 is 0. The van der Waals surface area contributed by atoms with Gasteiger partial charge < -0.3 is 4.74 Å². The van der Waals surface area contributed by atoms with E-state index in [9.17, 15) is 8.42 Å². The summed E-state index contributed by atoms with van der Waals surface area (Å²) in [6, 6.07) is 12.7. The molecular weight excluding hydrogens is 300 g/mol. The molecule has 0 aliphatic rings. The van der Waals surface area contributed by atoms with Gasteiger partial charge in [0.1, 0.15) is 5.75 Å². The van der Waals surface area contributed by atoms with Crippen LogP contribution in [0.4, 0.5) is 0 Å². The first-order valence-corrected chi connectivity index (χ1v) is 8.75. The van der Waals surface area contributed by atoms with E-state index in [1.807, 2.05) is 38.1 Å². The molecule has 0 aliphatic carbocycles. The normalized spacial score (nSPS) is 11.6. The summed E-state index contributed by atoms with van der Waals surface area (Å²) in [5.74, 6) is 1.34. The summed E-state index contributed by atoms with van der Waals surface area (Å²) in [7, 11) is -3.25. The van der Waals surface area contributed by atoms with E-state index in [2.05, 4.69) is 9.71 Å². The number of sulfonamides is 1. The lowest BCUT2D eigenvalue weighted by Gasteiger charge is -2.10. The predicted octanol–water partition coefficient (Wildman–Crippen LogP) is 2.95. The molecule has 2 rings (SSSR count). The summed E-state index contributed by atoms with van der Waals surface area (Å²) < 4.78 is 31.9. The zero-order valence-corrected chi connectivity index (χ0v) is 13.5. The Morgan fingerprint density at radius 1 is 1.18 bits per heavy atom. The maximum atomic E-state index is 11.8. The van der Waals surface area contributed by atoms with Crippen molar-refractivity contribution in [1.29, 1.82) is 0 Å². The van der Waals surface area contributed by atoms with E-state index in [0.29, 0.717) is 11.6 Å². The van der Waals surface area contributed by atoms with Gasteiger partial charge in [-0.3, -0.25) is 0 Å². The van der Waals surface area contributed by atoms with Gasteiger partial charge >= 0.3 is 0 Å². The Morgan fingerprint density at radius 2 is 2.00 bits per heavy atom. The highest BCUT2D eigenvalue weighted by Gasteiger charge is 2.12. The summed E-state index contributed by atoms with van der Waals surface area (Å²) in [6.45, 7) is 4.00. The minimum Gasteiger partial charge on any atom is -0.439 e. The first-order chi connectivity index (χ1) is 10.4. The topological polar surface area (TPSA) is 68.3 Å². The number of hydrogen-bond donors (Lipinski definition) is 1. The molecule has 6 heteroatoms. The third kappa shape index (κ3) is 5.46. The van der Waals surface area contributed by atoms with Crippen LogP contribution in [-0.4, -0.2) is 19.2 Å². The number of nitrogens with zero attached hydrogens (tertiary/aromatic N) is 1. The largest absolute Gasteiger partial charge is 0.439 e. The molecule has 1 aromatic heterocycles. The van der Waals surface area contributed by atoms with Gasteiger partial charge in [0.05, 0.1) is 5.75 Å². The molecule has 0 radical (unpaired) electrons. The quantitative estimate of drug-likeness (QED) is 0.851. The van der Waals surface area contributed by atoms with Crippen molar-refractivity contribution in [1.82, 2.24) is 9.71 Å². The summed E-state index contributed by atoms with van der Waals surface area (Å²) in [4.78, 5) is 4.09. The molecule has 0 spiro atoms. The van der Waals surface area contributed by atoms with Crippen molar-refractivity contribution < 1.29 is 13.2 Å². The van der Waals surface area contributed by atoms with Gasteiger partial charge in [0.2, 0.25) is 15.9 Å². The van der Waals surface area contributed by atoms with Gasteiger partial charge in [-0.2, -0.15) is 0 Å². The summed E-state index contributed by atoms with van der Waals surface area (Å²) in [5.41, 5.74) is 0.834. The molecular formula is C16H20N2O3S. The maximum Gasteiger partial charge on any atom is 0.219 e. The highest BCUT2D eigenvalue weighted by molar-refractivity contribution is 7.89. The molecule has 0 amide bonds. The summed E-state index contributed by atoms with van der Waals surface area (Å²) in [5, 5.41) is 0. The third-order valence-corrected chi connectivity index (χ3v) is 4.50. The van der Waals surface area contributed by atoms with Crippen LogP contribution in [0.3, 0.4) is 0 Å². The van der Waals surface area contributed by atoms with Crippen LogP contribution in [0, 0.1) is 5.92 Å². The fraction of sp³-hybridized carbons (Fsp3) is 0.312. The Hall–Kier alpha value is -1.92. The molecule has 118 valence electrons. The lowest BCUT2D eigenvalue weighted by atomic mass is 10.2. The predicted molar refractivity (Wildman–Crippen MR) is 86.2 cm³/mol. The van der Waals surface area contributed by atoms with Crippen LogP contribution in [0.1, 0.15) is 19.4 Å². The highest BCUT2D eigenvalue weighted by Crippen LogP contribution is 2.20. The van der Waals surface area contributed by atoms with E-state index < -0.39 is 10.0 Å². The zero-order valence-electron chi connectivity index (χ0n) is 12.7. The molecule has 5 nitrogen and oxygen atoms in total. The Morgan fingerprint density at radius 3 is 2.68 bits per heavy atom. The van der Waals surface area contributed by atoms with Gasteiger partial charge in [-0.1, -0.05) is 32.0 Å². The van der Waals surface area contributed by atoms with Gasteiger partial charge in [0.15, 0.2) is 0 Å². The minimum absolute atomic E-state index is 0.0938. The van der Waals surface area contributed by atoms with Crippen molar-refractivity contribution >= 4 is 10.0 Å². The number of rotatable bonds is 7. The average Bonchev–Trinajstić information content (AvgIpc) is 2.45. The van der Waals surface area contributed by atoms with Crippen molar-refractivity contribution in [3.05, 3.63) is 54.2 Å². The van der Waals surface area contributed by atoms with Crippen LogP contribution in [0.2, 0.25) is 0 Å². The number of benzene rings is 1. The number of ether oxygens (including phenoxy) is 1. The van der Waals surface area contributed by atoms with E-state index in [1.165, 1.54) is 0 Å². The van der Waals surface area contributed by atoms with Crippen LogP contribution in [0.25, 0.3) is 0 Å². The monoisotopic (exact) mass is 320 g/mol. The second-order valence-electron chi connectivity index (χ2n) is 5.41. The third-order valence-electron chi connectivity index (χ3n) is 2.81. The number of hydrogen-bond acceptors (Lipinski definition) is 4. The number of pyridine rings is 1. The fourth-order valence-corrected chi connectivity index (χ4v) is 3.32. The van der Waals surface area contributed by atoms with Crippen molar-refractivity contribution in [2.45, 2.75) is 20.4 Å². The van der Waals surface area contributed by atoms with Crippen LogP contribution in [0.15, 0.2) is 48.7 Å². The molecule has 0 atom stereocenters. The maximum absolute atomic E-state index is 11.8. The average molecular weight is 320 g/mol. The van der Waals surface area contributed by atoms with E-state index in [1.54, 1.807) is 24.4 Å². The van der Waals surface area contributed by atoms with Crippen LogP contribution < -0.4 is 9.46 Å². The Balaban J connectivity index is 2.00. The fourth-order valence-electron chi connectivity index (χ4n) is 1.94. The highest BCUT2D eigenvalue weighted by atomic mass is 32.2. The molecule has 0 aliphatic heterocycles. The van der Waals surface area contributed by atoms with Crippen molar-refractivity contribution in [2.75, 3.05) is 5.75 Å². The van der Waals surface area contributed by atoms with Crippen LogP contribution in [-0.2, 0) is 16.6 Å². The van der Waals surface area contributed by atoms with Gasteiger partial charge in [-0.15, -0.1) is 0 Å². The molecule has 2 aromatic rings. The van der Waals surface area contributed by atoms with Gasteiger partial charge in [0.25, 0.3) is 0 Å². The van der Waals surface area contributed by atoms with Crippen molar-refractivity contribution in [3.63, 3.8) is 0 Å². The molecule has 0 unspecified atom stereocenters. The number of aromatic nitrogens is 1. The van der Waals surface area contributed by atoms with Gasteiger partial charge in [-0.05, 0) is 29.7 Å². The second-order valence-corrected chi connectivity index (χ2v) is 7.27. The molecule has 0 saturated carbocycles. The summed E-state index contributed by atoms with van der Waals surface area (Å²) in [6.07, 6.45) is 1.65. The Kier molecular flexibility index (Phi) is 5.51. The molecule has 0 bridgehead atoms. The smallest absolute Gasteiger partial charge is 0.219 e. The van der Waals surface area contributed by atoms with Gasteiger partial charge in [0, 0.05) is 18.8 Å². The molecule has 1 N–H and O–H groups in total. The van der Waals surface area contributed by atoms with Gasteiger partial charge in [-0.25, -0.2) is 18.1 Å². The van der Waals surface area contributed by atoms with Crippen molar-refractivity contribution in [3.8, 4) is 11.6 Å². The molecule has 1 heterocycles. The van der Waals surface area contributed by atoms with E-state index in [4.69, 9.17) is 4.74 Å². The zero-order chi connectivity index (χ0) is 16.0. The van der Waals surface area contributed by atoms with E-state index in [0.717, 1.165) is 5.56 Å². The standard InChI is InChI=1S/C16H20N2O3S/c1-13(2)12-22(19,20)18-11-14-6-5-7-15(10-14)21-16-8-3-4-9-17-16/h3-10,13,18H,11-12H2,1-2H3. The van der Waals surface area contributed by atoms with Crippen molar-refractivity contribution in [2.24, 2.45) is 5.92 Å². The van der Waals surface area contributed by atoms with E-state index >= 15 is 0 Å². The van der Waals surface area contributed by atoms with E-state index in [-0.39, 0.29) is 18.2 Å². The van der Waals surface area contributed by atoms with Crippen LogP contribution >= 0.6 is 0 Å². The molecule has 1 aromatic carbocycles.